The SMILES string of the molecule is Oc1ccc(C(=C(CCCl)C2C[C@@H]3C[C@H]23)c2ccc(O)cc2)cc1. The Hall–Kier alpha value is -1.93. The lowest BCUT2D eigenvalue weighted by molar-refractivity contribution is 0.333. The predicted molar refractivity (Wildman–Crippen MR) is 97.3 cm³/mol. The molecule has 0 bridgehead atoms. The van der Waals surface area contributed by atoms with E-state index in [-0.39, 0.29) is 11.5 Å². The van der Waals surface area contributed by atoms with Gasteiger partial charge < -0.3 is 10.2 Å². The molecule has 2 aromatic carbocycles. The summed E-state index contributed by atoms with van der Waals surface area (Å²) in [5.74, 6) is 3.56. The molecule has 0 saturated heterocycles. The van der Waals surface area contributed by atoms with Crippen LogP contribution in [0.3, 0.4) is 0 Å². The van der Waals surface area contributed by atoms with Crippen LogP contribution in [0.5, 0.6) is 11.5 Å². The lowest BCUT2D eigenvalue weighted by Crippen LogP contribution is -2.20. The van der Waals surface area contributed by atoms with Gasteiger partial charge in [-0.25, -0.2) is 0 Å². The molecule has 24 heavy (non-hydrogen) atoms. The Kier molecular flexibility index (Phi) is 4.01. The van der Waals surface area contributed by atoms with E-state index < -0.39 is 0 Å². The quantitative estimate of drug-likeness (QED) is 0.736. The molecule has 4 rings (SSSR count). The van der Waals surface area contributed by atoms with Gasteiger partial charge in [-0.15, -0.1) is 11.6 Å². The van der Waals surface area contributed by atoms with Crippen molar-refractivity contribution in [2.45, 2.75) is 19.3 Å². The van der Waals surface area contributed by atoms with E-state index >= 15 is 0 Å². The van der Waals surface area contributed by atoms with Crippen molar-refractivity contribution in [2.24, 2.45) is 17.8 Å². The second kappa shape index (κ2) is 6.18. The lowest BCUT2D eigenvalue weighted by Gasteiger charge is -2.30. The van der Waals surface area contributed by atoms with Crippen LogP contribution < -0.4 is 0 Å². The minimum atomic E-state index is 0.272. The molecule has 2 N–H and O–H groups in total. The molecule has 2 nitrogen and oxygen atoms in total. The standard InChI is InChI=1S/C21H21ClO2/c22-10-9-18(20-12-15-11-19(15)20)21(13-1-5-16(23)6-2-13)14-3-7-17(24)8-4-14/h1-8,15,19-20,23-24H,9-12H2/t15-,19-,20?/m0/s1. The minimum Gasteiger partial charge on any atom is -0.508 e. The maximum Gasteiger partial charge on any atom is 0.115 e. The van der Waals surface area contributed by atoms with Crippen molar-refractivity contribution in [3.05, 3.63) is 65.2 Å². The highest BCUT2D eigenvalue weighted by atomic mass is 35.5. The van der Waals surface area contributed by atoms with E-state index in [0.717, 1.165) is 29.4 Å². The highest BCUT2D eigenvalue weighted by Gasteiger charge is 2.54. The number of benzene rings is 2. The number of allylic oxidation sites excluding steroid dienone is 1. The smallest absolute Gasteiger partial charge is 0.115 e. The highest BCUT2D eigenvalue weighted by molar-refractivity contribution is 6.18. The number of aromatic hydroxyl groups is 2. The number of hydrogen-bond donors (Lipinski definition) is 2. The third kappa shape index (κ3) is 2.80. The van der Waals surface area contributed by atoms with Crippen LogP contribution in [0.25, 0.3) is 5.57 Å². The maximum absolute atomic E-state index is 9.63. The molecule has 2 aliphatic carbocycles. The van der Waals surface area contributed by atoms with E-state index in [4.69, 9.17) is 11.6 Å². The Balaban J connectivity index is 1.85. The Morgan fingerprint density at radius 2 is 1.42 bits per heavy atom. The van der Waals surface area contributed by atoms with Crippen molar-refractivity contribution in [2.75, 3.05) is 5.88 Å². The molecule has 0 heterocycles. The molecular formula is C21H21ClO2. The summed E-state index contributed by atoms with van der Waals surface area (Å²) in [6.07, 6.45) is 3.51. The summed E-state index contributed by atoms with van der Waals surface area (Å²) in [5, 5.41) is 19.3. The van der Waals surface area contributed by atoms with Crippen LogP contribution in [0.2, 0.25) is 0 Å². The van der Waals surface area contributed by atoms with Crippen LogP contribution in [0.1, 0.15) is 30.4 Å². The molecular weight excluding hydrogens is 320 g/mol. The Bertz CT molecular complexity index is 714. The van der Waals surface area contributed by atoms with Crippen LogP contribution in [0.15, 0.2) is 54.1 Å². The highest BCUT2D eigenvalue weighted by Crippen LogP contribution is 2.63. The average molecular weight is 341 g/mol. The molecule has 2 saturated carbocycles. The molecule has 0 spiro atoms. The third-order valence-electron chi connectivity index (χ3n) is 5.50. The van der Waals surface area contributed by atoms with Gasteiger partial charge in [-0.05, 0) is 78.0 Å². The second-order valence-electron chi connectivity index (χ2n) is 6.93. The van der Waals surface area contributed by atoms with Crippen molar-refractivity contribution in [1.82, 2.24) is 0 Å². The van der Waals surface area contributed by atoms with E-state index in [9.17, 15) is 10.2 Å². The monoisotopic (exact) mass is 340 g/mol. The first kappa shape index (κ1) is 15.6. The summed E-state index contributed by atoms with van der Waals surface area (Å²) in [6, 6.07) is 14.8. The Morgan fingerprint density at radius 1 is 0.875 bits per heavy atom. The van der Waals surface area contributed by atoms with Gasteiger partial charge in [-0.1, -0.05) is 29.8 Å². The van der Waals surface area contributed by atoms with Gasteiger partial charge in [0.2, 0.25) is 0 Å². The summed E-state index contributed by atoms with van der Waals surface area (Å²) < 4.78 is 0. The van der Waals surface area contributed by atoms with Gasteiger partial charge in [0.15, 0.2) is 0 Å². The van der Waals surface area contributed by atoms with E-state index in [1.165, 1.54) is 24.0 Å². The van der Waals surface area contributed by atoms with Crippen molar-refractivity contribution in [3.63, 3.8) is 0 Å². The van der Waals surface area contributed by atoms with E-state index in [0.29, 0.717) is 11.8 Å². The topological polar surface area (TPSA) is 40.5 Å². The van der Waals surface area contributed by atoms with E-state index in [2.05, 4.69) is 0 Å². The van der Waals surface area contributed by atoms with Gasteiger partial charge in [0.25, 0.3) is 0 Å². The number of phenolic OH excluding ortho intramolecular Hbond substituents is 2. The number of rotatable bonds is 5. The first-order valence-corrected chi connectivity index (χ1v) is 9.08. The second-order valence-corrected chi connectivity index (χ2v) is 7.31. The summed E-state index contributed by atoms with van der Waals surface area (Å²) in [5.41, 5.74) is 4.84. The van der Waals surface area contributed by atoms with Gasteiger partial charge in [0, 0.05) is 5.88 Å². The molecule has 2 aromatic rings. The number of hydrogen-bond acceptors (Lipinski definition) is 2. The van der Waals surface area contributed by atoms with E-state index in [1.807, 2.05) is 24.3 Å². The summed E-state index contributed by atoms with van der Waals surface area (Å²) >= 11 is 6.14. The van der Waals surface area contributed by atoms with Crippen molar-refractivity contribution in [1.29, 1.82) is 0 Å². The minimum absolute atomic E-state index is 0.272. The van der Waals surface area contributed by atoms with Crippen molar-refractivity contribution >= 4 is 17.2 Å². The van der Waals surface area contributed by atoms with Crippen LogP contribution in [0, 0.1) is 17.8 Å². The van der Waals surface area contributed by atoms with Gasteiger partial charge in [-0.3, -0.25) is 0 Å². The molecule has 0 radical (unpaired) electrons. The number of halogens is 1. The van der Waals surface area contributed by atoms with Crippen LogP contribution >= 0.6 is 11.6 Å². The summed E-state index contributed by atoms with van der Waals surface area (Å²) in [7, 11) is 0. The fourth-order valence-corrected chi connectivity index (χ4v) is 4.34. The molecule has 0 aliphatic heterocycles. The lowest BCUT2D eigenvalue weighted by atomic mass is 9.74. The first-order chi connectivity index (χ1) is 11.7. The molecule has 3 atom stereocenters. The number of alkyl halides is 1. The zero-order chi connectivity index (χ0) is 16.7. The third-order valence-corrected chi connectivity index (χ3v) is 5.68. The zero-order valence-electron chi connectivity index (χ0n) is 13.5. The van der Waals surface area contributed by atoms with Crippen LogP contribution in [-0.2, 0) is 0 Å². The number of phenols is 2. The van der Waals surface area contributed by atoms with Gasteiger partial charge in [0.1, 0.15) is 11.5 Å². The molecule has 2 fully saturated rings. The molecule has 0 amide bonds. The van der Waals surface area contributed by atoms with Crippen molar-refractivity contribution < 1.29 is 10.2 Å². The zero-order valence-corrected chi connectivity index (χ0v) is 14.2. The molecule has 124 valence electrons. The van der Waals surface area contributed by atoms with Gasteiger partial charge >= 0.3 is 0 Å². The fourth-order valence-electron chi connectivity index (χ4n) is 4.13. The fraction of sp³-hybridized carbons (Fsp3) is 0.333. The number of fused-ring (bicyclic) bond motifs is 1. The van der Waals surface area contributed by atoms with Gasteiger partial charge in [-0.2, -0.15) is 0 Å². The predicted octanol–water partition coefficient (Wildman–Crippen LogP) is 5.18. The molecule has 3 heteroatoms. The molecule has 2 aliphatic rings. The summed E-state index contributed by atoms with van der Waals surface area (Å²) in [4.78, 5) is 0. The van der Waals surface area contributed by atoms with E-state index in [1.54, 1.807) is 24.3 Å². The maximum atomic E-state index is 9.63. The van der Waals surface area contributed by atoms with Gasteiger partial charge in [0.05, 0.1) is 0 Å². The van der Waals surface area contributed by atoms with Crippen molar-refractivity contribution in [3.8, 4) is 11.5 Å². The molecule has 1 unspecified atom stereocenters. The Labute approximate surface area is 147 Å². The largest absolute Gasteiger partial charge is 0.508 e. The molecule has 0 aromatic heterocycles. The van der Waals surface area contributed by atoms with Crippen LogP contribution in [-0.4, -0.2) is 16.1 Å². The van der Waals surface area contributed by atoms with Crippen LogP contribution in [0.4, 0.5) is 0 Å². The Morgan fingerprint density at radius 3 is 1.79 bits per heavy atom. The summed E-state index contributed by atoms with van der Waals surface area (Å²) in [6.45, 7) is 0. The first-order valence-electron chi connectivity index (χ1n) is 8.55. The normalized spacial score (nSPS) is 24.0. The average Bonchev–Trinajstić information content (AvgIpc) is 3.21.